The highest BCUT2D eigenvalue weighted by molar-refractivity contribution is 9.10. The minimum absolute atomic E-state index is 0.0435. The fourth-order valence-electron chi connectivity index (χ4n) is 1.84. The van der Waals surface area contributed by atoms with Crippen LogP contribution in [0.1, 0.15) is 17.7 Å². The highest BCUT2D eigenvalue weighted by Gasteiger charge is 2.14. The smallest absolute Gasteiger partial charge is 0.246 e. The van der Waals surface area contributed by atoms with Gasteiger partial charge in [-0.3, -0.25) is 4.79 Å². The van der Waals surface area contributed by atoms with Gasteiger partial charge in [-0.2, -0.15) is 0 Å². The first-order chi connectivity index (χ1) is 8.74. The van der Waals surface area contributed by atoms with E-state index < -0.39 is 0 Å². The number of carbonyl (C=O) groups is 1. The van der Waals surface area contributed by atoms with E-state index >= 15 is 0 Å². The first-order valence-electron chi connectivity index (χ1n) is 6.06. The van der Waals surface area contributed by atoms with Gasteiger partial charge in [-0.05, 0) is 47.9 Å². The molecule has 18 heavy (non-hydrogen) atoms. The topological polar surface area (TPSA) is 50.4 Å². The molecule has 6 heteroatoms. The normalized spacial score (nSPS) is 16.7. The van der Waals surface area contributed by atoms with Gasteiger partial charge in [-0.1, -0.05) is 0 Å². The maximum Gasteiger partial charge on any atom is 0.246 e. The van der Waals surface area contributed by atoms with E-state index in [0.29, 0.717) is 6.54 Å². The lowest BCUT2D eigenvalue weighted by Crippen LogP contribution is -2.35. The summed E-state index contributed by atoms with van der Waals surface area (Å²) in [5.41, 5.74) is 0. The molecule has 100 valence electrons. The van der Waals surface area contributed by atoms with Crippen molar-refractivity contribution in [2.45, 2.75) is 25.5 Å². The third kappa shape index (κ3) is 4.68. The summed E-state index contributed by atoms with van der Waals surface area (Å²) < 4.78 is 6.64. The van der Waals surface area contributed by atoms with Crippen LogP contribution in [0, 0.1) is 0 Å². The summed E-state index contributed by atoms with van der Waals surface area (Å²) in [6.07, 6.45) is 2.21. The summed E-state index contributed by atoms with van der Waals surface area (Å²) in [7, 11) is 0. The highest BCUT2D eigenvalue weighted by atomic mass is 79.9. The van der Waals surface area contributed by atoms with Crippen molar-refractivity contribution in [1.29, 1.82) is 0 Å². The zero-order chi connectivity index (χ0) is 12.8. The third-order valence-corrected chi connectivity index (χ3v) is 4.52. The zero-order valence-electron chi connectivity index (χ0n) is 10.1. The van der Waals surface area contributed by atoms with Crippen molar-refractivity contribution in [2.24, 2.45) is 0 Å². The predicted octanol–water partition coefficient (Wildman–Crippen LogP) is 1.90. The van der Waals surface area contributed by atoms with Gasteiger partial charge < -0.3 is 15.4 Å². The maximum atomic E-state index is 11.6. The van der Waals surface area contributed by atoms with Gasteiger partial charge in [0, 0.05) is 14.7 Å². The van der Waals surface area contributed by atoms with Crippen molar-refractivity contribution < 1.29 is 9.53 Å². The molecule has 1 aliphatic rings. The lowest BCUT2D eigenvalue weighted by atomic mass is 10.1. The third-order valence-electron chi connectivity index (χ3n) is 2.82. The summed E-state index contributed by atoms with van der Waals surface area (Å²) in [4.78, 5) is 12.7. The highest BCUT2D eigenvalue weighted by Crippen LogP contribution is 2.19. The molecular weight excluding hydrogens is 316 g/mol. The molecule has 0 unspecified atom stereocenters. The van der Waals surface area contributed by atoms with E-state index in [1.54, 1.807) is 11.3 Å². The second kappa shape index (κ2) is 7.23. The van der Waals surface area contributed by atoms with Crippen molar-refractivity contribution in [3.8, 4) is 0 Å². The molecule has 2 rings (SSSR count). The van der Waals surface area contributed by atoms with E-state index in [2.05, 4.69) is 26.6 Å². The molecule has 0 spiro atoms. The molecule has 1 saturated heterocycles. The molecule has 1 aromatic heterocycles. The SMILES string of the molecule is O=C(COC1CCNCC1)NCc1cc(Br)cs1. The first-order valence-corrected chi connectivity index (χ1v) is 7.73. The van der Waals surface area contributed by atoms with Crippen molar-refractivity contribution in [3.05, 3.63) is 20.8 Å². The van der Waals surface area contributed by atoms with Gasteiger partial charge in [0.25, 0.3) is 0 Å². The lowest BCUT2D eigenvalue weighted by Gasteiger charge is -2.22. The maximum absolute atomic E-state index is 11.6. The summed E-state index contributed by atoms with van der Waals surface area (Å²) in [6.45, 7) is 2.70. The van der Waals surface area contributed by atoms with E-state index in [0.717, 1.165) is 35.3 Å². The molecule has 2 N–H and O–H groups in total. The van der Waals surface area contributed by atoms with E-state index in [1.807, 2.05) is 11.4 Å². The molecule has 1 aromatic rings. The monoisotopic (exact) mass is 332 g/mol. The molecule has 0 radical (unpaired) electrons. The Bertz CT molecular complexity index is 391. The standard InChI is InChI=1S/C12H17BrN2O2S/c13-9-5-11(18-8-9)6-15-12(16)7-17-10-1-3-14-4-2-10/h5,8,10,14H,1-4,6-7H2,(H,15,16). The van der Waals surface area contributed by atoms with Crippen molar-refractivity contribution in [2.75, 3.05) is 19.7 Å². The molecule has 0 bridgehead atoms. The molecule has 1 aliphatic heterocycles. The Hall–Kier alpha value is -0.430. The van der Waals surface area contributed by atoms with E-state index in [-0.39, 0.29) is 18.6 Å². The number of nitrogens with one attached hydrogen (secondary N) is 2. The van der Waals surface area contributed by atoms with Crippen molar-refractivity contribution >= 4 is 33.2 Å². The fourth-order valence-corrected chi connectivity index (χ4v) is 3.23. The summed E-state index contributed by atoms with van der Waals surface area (Å²) in [6, 6.07) is 2.01. The summed E-state index contributed by atoms with van der Waals surface area (Å²) in [5, 5.41) is 8.14. The van der Waals surface area contributed by atoms with Crippen LogP contribution in [-0.4, -0.2) is 31.7 Å². The summed E-state index contributed by atoms with van der Waals surface area (Å²) >= 11 is 5.02. The number of carbonyl (C=O) groups excluding carboxylic acids is 1. The molecule has 0 aliphatic carbocycles. The Morgan fingerprint density at radius 2 is 2.33 bits per heavy atom. The molecule has 0 saturated carbocycles. The molecule has 1 amide bonds. The van der Waals surface area contributed by atoms with Crippen LogP contribution in [0.3, 0.4) is 0 Å². The minimum atomic E-state index is -0.0435. The second-order valence-corrected chi connectivity index (χ2v) is 6.18. The minimum Gasteiger partial charge on any atom is -0.368 e. The largest absolute Gasteiger partial charge is 0.368 e. The second-order valence-electron chi connectivity index (χ2n) is 4.27. The molecule has 0 atom stereocenters. The van der Waals surface area contributed by atoms with Crippen LogP contribution in [0.5, 0.6) is 0 Å². The number of ether oxygens (including phenoxy) is 1. The van der Waals surface area contributed by atoms with Gasteiger partial charge in [0.2, 0.25) is 5.91 Å². The molecule has 4 nitrogen and oxygen atoms in total. The molecule has 2 heterocycles. The first kappa shape index (κ1) is 14.0. The van der Waals surface area contributed by atoms with Gasteiger partial charge in [0.15, 0.2) is 0 Å². The van der Waals surface area contributed by atoms with Crippen LogP contribution in [0.15, 0.2) is 15.9 Å². The number of amides is 1. The van der Waals surface area contributed by atoms with E-state index in [1.165, 1.54) is 0 Å². The van der Waals surface area contributed by atoms with Crippen LogP contribution in [0.2, 0.25) is 0 Å². The van der Waals surface area contributed by atoms with Gasteiger partial charge in [0.05, 0.1) is 12.6 Å². The van der Waals surface area contributed by atoms with Gasteiger partial charge in [-0.25, -0.2) is 0 Å². The van der Waals surface area contributed by atoms with Gasteiger partial charge in [0.1, 0.15) is 6.61 Å². The lowest BCUT2D eigenvalue weighted by molar-refractivity contribution is -0.128. The number of hydrogen-bond acceptors (Lipinski definition) is 4. The average molecular weight is 333 g/mol. The van der Waals surface area contributed by atoms with Crippen LogP contribution in [0.25, 0.3) is 0 Å². The van der Waals surface area contributed by atoms with Crippen LogP contribution in [0.4, 0.5) is 0 Å². The molecular formula is C12H17BrN2O2S. The number of halogens is 1. The Kier molecular flexibility index (Phi) is 5.62. The number of thiophene rings is 1. The zero-order valence-corrected chi connectivity index (χ0v) is 12.5. The number of piperidine rings is 1. The Morgan fingerprint density at radius 3 is 3.00 bits per heavy atom. The van der Waals surface area contributed by atoms with Crippen LogP contribution >= 0.6 is 27.3 Å². The number of rotatable bonds is 5. The Morgan fingerprint density at radius 1 is 1.56 bits per heavy atom. The molecule has 1 fully saturated rings. The van der Waals surface area contributed by atoms with Gasteiger partial charge in [-0.15, -0.1) is 11.3 Å². The van der Waals surface area contributed by atoms with Crippen LogP contribution in [-0.2, 0) is 16.1 Å². The Balaban J connectivity index is 1.62. The number of hydrogen-bond donors (Lipinski definition) is 2. The van der Waals surface area contributed by atoms with Crippen molar-refractivity contribution in [1.82, 2.24) is 10.6 Å². The predicted molar refractivity (Wildman–Crippen MR) is 75.7 cm³/mol. The quantitative estimate of drug-likeness (QED) is 0.865. The molecule has 0 aromatic carbocycles. The fraction of sp³-hybridized carbons (Fsp3) is 0.583. The summed E-state index contributed by atoms with van der Waals surface area (Å²) in [5.74, 6) is -0.0435. The van der Waals surface area contributed by atoms with Crippen molar-refractivity contribution in [3.63, 3.8) is 0 Å². The Labute approximate surface area is 119 Å². The van der Waals surface area contributed by atoms with Crippen LogP contribution < -0.4 is 10.6 Å². The van der Waals surface area contributed by atoms with E-state index in [4.69, 9.17) is 4.74 Å². The van der Waals surface area contributed by atoms with E-state index in [9.17, 15) is 4.79 Å². The average Bonchev–Trinajstić information content (AvgIpc) is 2.81. The van der Waals surface area contributed by atoms with Gasteiger partial charge >= 0.3 is 0 Å².